The van der Waals surface area contributed by atoms with E-state index in [0.717, 1.165) is 36.7 Å². The minimum atomic E-state index is -7.76. The Kier molecular flexibility index (Phi) is 6.37. The van der Waals surface area contributed by atoms with E-state index in [0.29, 0.717) is 0 Å². The lowest BCUT2D eigenvalue weighted by atomic mass is 9.94. The number of ether oxygens (including phenoxy) is 1. The lowest BCUT2D eigenvalue weighted by Gasteiger charge is -2.38. The van der Waals surface area contributed by atoms with E-state index >= 15 is 0 Å². The standard InChI is InChI=1S/C14H9F12NO2/c1-29-7-4-2-6(3-5-7)27-9(28)11(19,20)13(23,24)14(25,26)12(21,22)10(17,18)8(15)16/h2-5,8H,1H3,(H,27,28). The van der Waals surface area contributed by atoms with E-state index in [1.807, 2.05) is 0 Å². The van der Waals surface area contributed by atoms with Gasteiger partial charge in [-0.25, -0.2) is 8.78 Å². The molecule has 0 aromatic heterocycles. The molecular formula is C14H9F12NO2. The largest absolute Gasteiger partial charge is 0.497 e. The number of hydrogen-bond donors (Lipinski definition) is 1. The van der Waals surface area contributed by atoms with Crippen molar-refractivity contribution in [1.82, 2.24) is 0 Å². The van der Waals surface area contributed by atoms with Gasteiger partial charge in [-0.1, -0.05) is 0 Å². The van der Waals surface area contributed by atoms with Crippen LogP contribution in [0.2, 0.25) is 0 Å². The Morgan fingerprint density at radius 2 is 1.28 bits per heavy atom. The molecule has 29 heavy (non-hydrogen) atoms. The van der Waals surface area contributed by atoms with Crippen LogP contribution in [0.1, 0.15) is 0 Å². The molecule has 0 bridgehead atoms. The molecule has 15 heteroatoms. The Morgan fingerprint density at radius 1 is 0.828 bits per heavy atom. The molecule has 0 aliphatic heterocycles. The Labute approximate surface area is 153 Å². The van der Waals surface area contributed by atoms with Crippen LogP contribution in [0.4, 0.5) is 58.4 Å². The number of anilines is 1. The number of carbonyl (C=O) groups excluding carboxylic acids is 1. The normalized spacial score (nSPS) is 14.1. The molecule has 0 radical (unpaired) electrons. The Balaban J connectivity index is 3.29. The number of alkyl halides is 12. The molecule has 1 aromatic rings. The molecule has 3 nitrogen and oxygen atoms in total. The number of benzene rings is 1. The predicted molar refractivity (Wildman–Crippen MR) is 72.4 cm³/mol. The second kappa shape index (κ2) is 7.48. The van der Waals surface area contributed by atoms with Gasteiger partial charge in [-0.05, 0) is 24.3 Å². The molecular weight excluding hydrogens is 442 g/mol. The summed E-state index contributed by atoms with van der Waals surface area (Å²) >= 11 is 0. The molecule has 0 fully saturated rings. The van der Waals surface area contributed by atoms with Crippen LogP contribution in [-0.4, -0.2) is 49.1 Å². The molecule has 1 rings (SSSR count). The summed E-state index contributed by atoms with van der Waals surface area (Å²) in [5.41, 5.74) is -0.723. The van der Waals surface area contributed by atoms with Crippen LogP contribution in [-0.2, 0) is 4.79 Å². The fourth-order valence-electron chi connectivity index (χ4n) is 1.77. The zero-order chi connectivity index (χ0) is 23.1. The Morgan fingerprint density at radius 3 is 1.66 bits per heavy atom. The van der Waals surface area contributed by atoms with Gasteiger partial charge in [-0.3, -0.25) is 4.79 Å². The maximum absolute atomic E-state index is 13.6. The Bertz CT molecular complexity index is 733. The summed E-state index contributed by atoms with van der Waals surface area (Å²) in [6.45, 7) is 0. The van der Waals surface area contributed by atoms with Crippen molar-refractivity contribution < 1.29 is 62.2 Å². The quantitative estimate of drug-likeness (QED) is 0.561. The third kappa shape index (κ3) is 3.77. The number of halogens is 12. The summed E-state index contributed by atoms with van der Waals surface area (Å²) in [4.78, 5) is 11.3. The van der Waals surface area contributed by atoms with Crippen molar-refractivity contribution in [1.29, 1.82) is 0 Å². The second-order valence-electron chi connectivity index (χ2n) is 5.40. The van der Waals surface area contributed by atoms with Gasteiger partial charge in [0.2, 0.25) is 0 Å². The molecule has 0 saturated heterocycles. The lowest BCUT2D eigenvalue weighted by molar-refractivity contribution is -0.406. The minimum absolute atomic E-state index is 0.0699. The molecule has 1 N–H and O–H groups in total. The molecule has 166 valence electrons. The topological polar surface area (TPSA) is 38.3 Å². The summed E-state index contributed by atoms with van der Waals surface area (Å²) in [5.74, 6) is -40.0. The monoisotopic (exact) mass is 451 g/mol. The maximum Gasteiger partial charge on any atom is 0.393 e. The van der Waals surface area contributed by atoms with Gasteiger partial charge in [0.05, 0.1) is 7.11 Å². The fraction of sp³-hybridized carbons (Fsp3) is 0.500. The van der Waals surface area contributed by atoms with Crippen LogP contribution in [0.5, 0.6) is 5.75 Å². The first-order chi connectivity index (χ1) is 12.9. The van der Waals surface area contributed by atoms with E-state index in [2.05, 4.69) is 4.74 Å². The predicted octanol–water partition coefficient (Wildman–Crippen LogP) is 5.08. The highest BCUT2D eigenvalue weighted by Gasteiger charge is 2.89. The van der Waals surface area contributed by atoms with Crippen molar-refractivity contribution in [3.63, 3.8) is 0 Å². The third-order valence-corrected chi connectivity index (χ3v) is 3.51. The van der Waals surface area contributed by atoms with Crippen molar-refractivity contribution in [2.45, 2.75) is 36.0 Å². The van der Waals surface area contributed by atoms with Crippen molar-refractivity contribution in [2.24, 2.45) is 0 Å². The van der Waals surface area contributed by atoms with Gasteiger partial charge in [0.15, 0.2) is 0 Å². The van der Waals surface area contributed by atoms with E-state index in [-0.39, 0.29) is 5.75 Å². The average Bonchev–Trinajstić information content (AvgIpc) is 2.61. The van der Waals surface area contributed by atoms with Crippen LogP contribution < -0.4 is 10.1 Å². The summed E-state index contributed by atoms with van der Waals surface area (Å²) in [6.07, 6.45) is -5.61. The minimum Gasteiger partial charge on any atom is -0.497 e. The van der Waals surface area contributed by atoms with Crippen molar-refractivity contribution in [3.05, 3.63) is 24.3 Å². The maximum atomic E-state index is 13.6. The summed E-state index contributed by atoms with van der Waals surface area (Å²) in [5, 5.41) is 0.986. The van der Waals surface area contributed by atoms with Gasteiger partial charge in [-0.2, -0.15) is 43.9 Å². The first kappa shape index (κ1) is 24.7. The van der Waals surface area contributed by atoms with E-state index in [4.69, 9.17) is 0 Å². The second-order valence-corrected chi connectivity index (χ2v) is 5.40. The van der Waals surface area contributed by atoms with E-state index in [9.17, 15) is 57.5 Å². The third-order valence-electron chi connectivity index (χ3n) is 3.51. The SMILES string of the molecule is COc1ccc(NC(=O)C(F)(F)C(F)(F)C(F)(F)C(F)(F)C(F)(F)C(F)F)cc1. The first-order valence-corrected chi connectivity index (χ1v) is 7.00. The van der Waals surface area contributed by atoms with Gasteiger partial charge in [-0.15, -0.1) is 0 Å². The van der Waals surface area contributed by atoms with Crippen molar-refractivity contribution >= 4 is 11.6 Å². The van der Waals surface area contributed by atoms with Gasteiger partial charge >= 0.3 is 41.9 Å². The molecule has 0 spiro atoms. The molecule has 0 unspecified atom stereocenters. The molecule has 0 saturated carbocycles. The van der Waals surface area contributed by atoms with Gasteiger partial charge in [0.25, 0.3) is 0 Å². The van der Waals surface area contributed by atoms with Crippen LogP contribution >= 0.6 is 0 Å². The first-order valence-electron chi connectivity index (χ1n) is 7.00. The average molecular weight is 451 g/mol. The number of methoxy groups -OCH3 is 1. The highest BCUT2D eigenvalue weighted by molar-refractivity contribution is 5.97. The van der Waals surface area contributed by atoms with Crippen LogP contribution in [0.25, 0.3) is 0 Å². The molecule has 1 amide bonds. The molecule has 0 aliphatic carbocycles. The van der Waals surface area contributed by atoms with Crippen LogP contribution in [0, 0.1) is 0 Å². The van der Waals surface area contributed by atoms with Gasteiger partial charge in [0.1, 0.15) is 5.75 Å². The number of hydrogen-bond acceptors (Lipinski definition) is 2. The molecule has 0 heterocycles. The van der Waals surface area contributed by atoms with E-state index < -0.39 is 47.6 Å². The number of amides is 1. The molecule has 1 aromatic carbocycles. The summed E-state index contributed by atoms with van der Waals surface area (Å²) in [7, 11) is 1.15. The zero-order valence-electron chi connectivity index (χ0n) is 13.7. The van der Waals surface area contributed by atoms with Crippen molar-refractivity contribution in [3.8, 4) is 5.75 Å². The molecule has 0 atom stereocenters. The number of rotatable bonds is 8. The summed E-state index contributed by atoms with van der Waals surface area (Å²) in [6, 6.07) is 3.47. The fourth-order valence-corrected chi connectivity index (χ4v) is 1.77. The lowest BCUT2D eigenvalue weighted by Crippen LogP contribution is -2.70. The summed E-state index contributed by atoms with van der Waals surface area (Å²) < 4.78 is 161. The Hall–Kier alpha value is -2.35. The van der Waals surface area contributed by atoms with Crippen LogP contribution in [0.3, 0.4) is 0 Å². The van der Waals surface area contributed by atoms with Gasteiger partial charge < -0.3 is 10.1 Å². The van der Waals surface area contributed by atoms with Gasteiger partial charge in [0, 0.05) is 5.69 Å². The van der Waals surface area contributed by atoms with E-state index in [1.54, 1.807) is 0 Å². The molecule has 0 aliphatic rings. The highest BCUT2D eigenvalue weighted by Crippen LogP contribution is 2.58. The zero-order valence-corrected chi connectivity index (χ0v) is 13.7. The smallest absolute Gasteiger partial charge is 0.393 e. The number of carbonyl (C=O) groups is 1. The number of nitrogens with one attached hydrogen (secondary N) is 1. The van der Waals surface area contributed by atoms with E-state index in [1.165, 1.54) is 0 Å². The van der Waals surface area contributed by atoms with Crippen LogP contribution in [0.15, 0.2) is 24.3 Å². The highest BCUT2D eigenvalue weighted by atomic mass is 19.4. The van der Waals surface area contributed by atoms with Crippen molar-refractivity contribution in [2.75, 3.05) is 12.4 Å².